The van der Waals surface area contributed by atoms with Crippen LogP contribution in [-0.4, -0.2) is 29.1 Å². The second kappa shape index (κ2) is 6.28. The molecule has 1 heterocycles. The van der Waals surface area contributed by atoms with Gasteiger partial charge in [0.25, 0.3) is 5.69 Å². The van der Waals surface area contributed by atoms with Gasteiger partial charge in [0.05, 0.1) is 28.2 Å². The third kappa shape index (κ3) is 3.35. The molecule has 8 nitrogen and oxygen atoms in total. The van der Waals surface area contributed by atoms with Crippen molar-refractivity contribution in [2.45, 2.75) is 6.42 Å². The lowest BCUT2D eigenvalue weighted by Crippen LogP contribution is -2.18. The largest absolute Gasteiger partial charge is 0.345 e. The first-order valence-electron chi connectivity index (χ1n) is 7.11. The van der Waals surface area contributed by atoms with Crippen molar-refractivity contribution in [2.24, 2.45) is 0 Å². The van der Waals surface area contributed by atoms with Crippen LogP contribution in [0.2, 0.25) is 0 Å². The molecule has 3 rings (SSSR count). The Morgan fingerprint density at radius 2 is 1.96 bits per heavy atom. The zero-order valence-electron chi connectivity index (χ0n) is 12.5. The number of benzene rings is 2. The van der Waals surface area contributed by atoms with Gasteiger partial charge in [-0.05, 0) is 18.6 Å². The highest BCUT2D eigenvalue weighted by Crippen LogP contribution is 2.22. The van der Waals surface area contributed by atoms with Crippen LogP contribution in [0.1, 0.15) is 5.56 Å². The van der Waals surface area contributed by atoms with Crippen molar-refractivity contribution < 1.29 is 13.3 Å². The van der Waals surface area contributed by atoms with Crippen LogP contribution in [0.5, 0.6) is 0 Å². The first kappa shape index (κ1) is 15.9. The molecule has 0 aliphatic heterocycles. The summed E-state index contributed by atoms with van der Waals surface area (Å²) in [5.74, 6) is -0.265. The fourth-order valence-electron chi connectivity index (χ4n) is 2.41. The van der Waals surface area contributed by atoms with E-state index in [-0.39, 0.29) is 17.9 Å². The quantitative estimate of drug-likeness (QED) is 0.525. The van der Waals surface area contributed by atoms with Crippen LogP contribution in [0.25, 0.3) is 11.0 Å². The predicted octanol–water partition coefficient (Wildman–Crippen LogP) is 2.46. The van der Waals surface area contributed by atoms with E-state index in [4.69, 9.17) is 0 Å². The van der Waals surface area contributed by atoms with Gasteiger partial charge in [-0.2, -0.15) is 0 Å². The molecule has 0 atom stereocenters. The Bertz CT molecular complexity index is 997. The Balaban J connectivity index is 1.78. The van der Waals surface area contributed by atoms with E-state index in [1.807, 2.05) is 0 Å². The van der Waals surface area contributed by atoms with Gasteiger partial charge in [-0.1, -0.05) is 24.3 Å². The van der Waals surface area contributed by atoms with E-state index in [1.165, 1.54) is 12.4 Å². The number of hydrogen-bond acceptors (Lipinski definition) is 5. The average Bonchev–Trinajstić information content (AvgIpc) is 3.03. The number of hydrogen-bond donors (Lipinski definition) is 2. The van der Waals surface area contributed by atoms with Gasteiger partial charge < -0.3 is 4.98 Å². The summed E-state index contributed by atoms with van der Waals surface area (Å²) >= 11 is 0. The minimum Gasteiger partial charge on any atom is -0.345 e. The molecule has 124 valence electrons. The van der Waals surface area contributed by atoms with E-state index < -0.39 is 14.9 Å². The lowest BCUT2D eigenvalue weighted by molar-refractivity contribution is -0.385. The van der Waals surface area contributed by atoms with Crippen LogP contribution >= 0.6 is 0 Å². The molecule has 9 heteroatoms. The third-order valence-corrected chi connectivity index (χ3v) is 4.82. The number of H-pyrrole nitrogens is 1. The molecule has 0 aliphatic rings. The van der Waals surface area contributed by atoms with E-state index in [1.54, 1.807) is 36.4 Å². The van der Waals surface area contributed by atoms with Gasteiger partial charge in [-0.3, -0.25) is 14.8 Å². The van der Waals surface area contributed by atoms with Crippen LogP contribution < -0.4 is 4.72 Å². The van der Waals surface area contributed by atoms with Crippen LogP contribution in [0, 0.1) is 10.1 Å². The topological polar surface area (TPSA) is 118 Å². The van der Waals surface area contributed by atoms with Crippen molar-refractivity contribution in [1.82, 2.24) is 9.97 Å². The fourth-order valence-corrected chi connectivity index (χ4v) is 3.50. The first-order chi connectivity index (χ1) is 11.5. The lowest BCUT2D eigenvalue weighted by atomic mass is 10.1. The maximum Gasteiger partial charge on any atom is 0.272 e. The molecular formula is C15H14N4O4S. The van der Waals surface area contributed by atoms with E-state index >= 15 is 0 Å². The summed E-state index contributed by atoms with van der Waals surface area (Å²) in [5, 5.41) is 11.0. The number of aromatic nitrogens is 2. The van der Waals surface area contributed by atoms with E-state index in [9.17, 15) is 18.5 Å². The molecule has 0 unspecified atom stereocenters. The Hall–Kier alpha value is -2.94. The highest BCUT2D eigenvalue weighted by molar-refractivity contribution is 7.92. The normalized spacial score (nSPS) is 11.5. The molecular weight excluding hydrogens is 332 g/mol. The van der Waals surface area contributed by atoms with Gasteiger partial charge in [0.1, 0.15) is 5.52 Å². The molecule has 0 saturated heterocycles. The Labute approximate surface area is 137 Å². The van der Waals surface area contributed by atoms with Crippen molar-refractivity contribution in [3.05, 3.63) is 64.5 Å². The maximum atomic E-state index is 12.3. The molecule has 0 bridgehead atoms. The molecule has 0 fully saturated rings. The fraction of sp³-hybridized carbons (Fsp3) is 0.133. The number of rotatable bonds is 6. The summed E-state index contributed by atoms with van der Waals surface area (Å²) in [5.41, 5.74) is 1.91. The number of aromatic amines is 1. The number of anilines is 1. The summed E-state index contributed by atoms with van der Waals surface area (Å²) in [6.45, 7) is 0. The number of sulfonamides is 1. The molecule has 0 amide bonds. The van der Waals surface area contributed by atoms with Crippen molar-refractivity contribution in [3.8, 4) is 0 Å². The number of para-hydroxylation sites is 2. The second-order valence-electron chi connectivity index (χ2n) is 5.16. The number of fused-ring (bicyclic) bond motifs is 1. The minimum atomic E-state index is -3.67. The lowest BCUT2D eigenvalue weighted by Gasteiger charge is -2.09. The summed E-state index contributed by atoms with van der Waals surface area (Å²) in [7, 11) is -3.67. The SMILES string of the molecule is O=[N+]([O-])c1ccccc1CCS(=O)(=O)Nc1cccc2[nH]cnc12. The monoisotopic (exact) mass is 346 g/mol. The van der Waals surface area contributed by atoms with Crippen molar-refractivity contribution >= 4 is 32.4 Å². The third-order valence-electron chi connectivity index (χ3n) is 3.54. The standard InChI is InChI=1S/C15H14N4O4S/c20-19(21)14-7-2-1-4-11(14)8-9-24(22,23)18-13-6-3-5-12-15(13)17-10-16-12/h1-7,10,18H,8-9H2,(H,16,17). The molecule has 1 aromatic heterocycles. The number of nitrogens with one attached hydrogen (secondary N) is 2. The van der Waals surface area contributed by atoms with Gasteiger partial charge in [0, 0.05) is 11.6 Å². The van der Waals surface area contributed by atoms with Crippen molar-refractivity contribution in [1.29, 1.82) is 0 Å². The van der Waals surface area contributed by atoms with Gasteiger partial charge in [-0.25, -0.2) is 13.4 Å². The summed E-state index contributed by atoms with van der Waals surface area (Å²) in [4.78, 5) is 17.5. The van der Waals surface area contributed by atoms with Crippen LogP contribution in [0.3, 0.4) is 0 Å². The summed E-state index contributed by atoms with van der Waals surface area (Å²) in [6, 6.07) is 11.2. The number of nitro benzene ring substituents is 1. The maximum absolute atomic E-state index is 12.3. The predicted molar refractivity (Wildman–Crippen MR) is 90.3 cm³/mol. The average molecular weight is 346 g/mol. The number of aryl methyl sites for hydroxylation is 1. The van der Waals surface area contributed by atoms with E-state index in [0.29, 0.717) is 22.3 Å². The molecule has 2 aromatic carbocycles. The molecule has 24 heavy (non-hydrogen) atoms. The zero-order valence-corrected chi connectivity index (χ0v) is 13.3. The van der Waals surface area contributed by atoms with Gasteiger partial charge in [-0.15, -0.1) is 0 Å². The van der Waals surface area contributed by atoms with Crippen molar-refractivity contribution in [3.63, 3.8) is 0 Å². The van der Waals surface area contributed by atoms with E-state index in [0.717, 1.165) is 0 Å². The molecule has 0 radical (unpaired) electrons. The minimum absolute atomic E-state index is 0.0447. The molecule has 0 saturated carbocycles. The Kier molecular flexibility index (Phi) is 4.17. The Morgan fingerprint density at radius 1 is 1.17 bits per heavy atom. The van der Waals surface area contributed by atoms with Crippen LogP contribution in [0.4, 0.5) is 11.4 Å². The molecule has 3 aromatic rings. The summed E-state index contributed by atoms with van der Waals surface area (Å²) in [6.07, 6.45) is 1.53. The van der Waals surface area contributed by atoms with Crippen LogP contribution in [0.15, 0.2) is 48.8 Å². The molecule has 0 aliphatic carbocycles. The smallest absolute Gasteiger partial charge is 0.272 e. The molecule has 0 spiro atoms. The number of nitro groups is 1. The second-order valence-corrected chi connectivity index (χ2v) is 7.00. The highest BCUT2D eigenvalue weighted by atomic mass is 32.2. The van der Waals surface area contributed by atoms with Gasteiger partial charge in [0.2, 0.25) is 10.0 Å². The van der Waals surface area contributed by atoms with Crippen LogP contribution in [-0.2, 0) is 16.4 Å². The summed E-state index contributed by atoms with van der Waals surface area (Å²) < 4.78 is 27.1. The Morgan fingerprint density at radius 3 is 2.75 bits per heavy atom. The molecule has 2 N–H and O–H groups in total. The zero-order chi connectivity index (χ0) is 17.2. The van der Waals surface area contributed by atoms with Gasteiger partial charge >= 0.3 is 0 Å². The van der Waals surface area contributed by atoms with Gasteiger partial charge in [0.15, 0.2) is 0 Å². The highest BCUT2D eigenvalue weighted by Gasteiger charge is 2.17. The number of nitrogens with zero attached hydrogens (tertiary/aromatic N) is 2. The number of imidazole rings is 1. The first-order valence-corrected chi connectivity index (χ1v) is 8.76. The van der Waals surface area contributed by atoms with Crippen molar-refractivity contribution in [2.75, 3.05) is 10.5 Å². The van der Waals surface area contributed by atoms with E-state index in [2.05, 4.69) is 14.7 Å².